The Morgan fingerprint density at radius 1 is 1.18 bits per heavy atom. The summed E-state index contributed by atoms with van der Waals surface area (Å²) in [6, 6.07) is 12.5. The fourth-order valence-corrected chi connectivity index (χ4v) is 4.63. The van der Waals surface area contributed by atoms with Gasteiger partial charge in [0.2, 0.25) is 0 Å². The summed E-state index contributed by atoms with van der Waals surface area (Å²) in [5.41, 5.74) is -0.796. The van der Waals surface area contributed by atoms with Gasteiger partial charge in [-0.15, -0.1) is 0 Å². The van der Waals surface area contributed by atoms with Crippen LogP contribution in [0.5, 0.6) is 0 Å². The molecule has 0 aromatic heterocycles. The third-order valence-electron chi connectivity index (χ3n) is 6.48. The first-order chi connectivity index (χ1) is 15.5. The standard InChI is InChI=1S/C25H29ClN2O5/c1-17(11-14-29)28(22(30)18-5-4-6-19(15-18)23(31)32)27-13-12-25(33,24(2,3)16-27)20-7-9-21(26)10-8-20/h4-10,14-15,17,33H,11-13,16H2,1-3H3,(H,31,32)/t17?,25-/m1/s1. The molecule has 176 valence electrons. The minimum atomic E-state index is -1.14. The van der Waals surface area contributed by atoms with Gasteiger partial charge in [-0.05, 0) is 49.2 Å². The second-order valence-corrected chi connectivity index (χ2v) is 9.61. The van der Waals surface area contributed by atoms with Crippen LogP contribution >= 0.6 is 11.6 Å². The van der Waals surface area contributed by atoms with Gasteiger partial charge in [0, 0.05) is 35.5 Å². The molecule has 0 spiro atoms. The SMILES string of the molecule is CC(CC=O)N(C(=O)c1cccc(C(=O)O)c1)N1CC[C@@](O)(c2ccc(Cl)cc2)C(C)(C)C1. The van der Waals surface area contributed by atoms with Gasteiger partial charge in [-0.1, -0.05) is 43.6 Å². The molecule has 0 saturated carbocycles. The number of rotatable bonds is 7. The van der Waals surface area contributed by atoms with Crippen LogP contribution < -0.4 is 0 Å². The molecule has 2 atom stereocenters. The maximum absolute atomic E-state index is 13.5. The highest BCUT2D eigenvalue weighted by molar-refractivity contribution is 6.30. The number of nitrogens with zero attached hydrogens (tertiary/aromatic N) is 2. The molecular weight excluding hydrogens is 444 g/mol. The first kappa shape index (κ1) is 24.9. The molecule has 8 heteroatoms. The Labute approximate surface area is 198 Å². The largest absolute Gasteiger partial charge is 0.478 e. The molecule has 1 aliphatic rings. The van der Waals surface area contributed by atoms with Crippen LogP contribution in [0.25, 0.3) is 0 Å². The van der Waals surface area contributed by atoms with E-state index in [0.29, 0.717) is 24.5 Å². The Kier molecular flexibility index (Phi) is 7.26. The first-order valence-corrected chi connectivity index (χ1v) is 11.2. The number of carbonyl (C=O) groups is 3. The summed E-state index contributed by atoms with van der Waals surface area (Å²) in [5.74, 6) is -1.51. The van der Waals surface area contributed by atoms with Gasteiger partial charge in [0.15, 0.2) is 0 Å². The number of carboxylic acids is 1. The Hall–Kier alpha value is -2.74. The average molecular weight is 473 g/mol. The number of aromatic carboxylic acids is 1. The van der Waals surface area contributed by atoms with Gasteiger partial charge < -0.3 is 15.0 Å². The topological polar surface area (TPSA) is 98.2 Å². The molecule has 1 amide bonds. The van der Waals surface area contributed by atoms with Crippen molar-refractivity contribution in [2.45, 2.75) is 45.3 Å². The van der Waals surface area contributed by atoms with E-state index in [4.69, 9.17) is 11.6 Å². The maximum atomic E-state index is 13.5. The van der Waals surface area contributed by atoms with E-state index in [1.54, 1.807) is 25.1 Å². The second kappa shape index (κ2) is 9.63. The predicted molar refractivity (Wildman–Crippen MR) is 125 cm³/mol. The monoisotopic (exact) mass is 472 g/mol. The minimum absolute atomic E-state index is 0.0138. The highest BCUT2D eigenvalue weighted by Crippen LogP contribution is 2.46. The molecule has 1 aliphatic heterocycles. The molecule has 7 nitrogen and oxygen atoms in total. The van der Waals surface area contributed by atoms with E-state index in [0.717, 1.165) is 11.8 Å². The van der Waals surface area contributed by atoms with Crippen LogP contribution in [0, 0.1) is 5.41 Å². The molecular formula is C25H29ClN2O5. The molecule has 0 aliphatic carbocycles. The van der Waals surface area contributed by atoms with Gasteiger partial charge in [0.25, 0.3) is 5.91 Å². The quantitative estimate of drug-likeness (QED) is 0.591. The summed E-state index contributed by atoms with van der Waals surface area (Å²) in [6.45, 7) is 6.37. The van der Waals surface area contributed by atoms with Crippen LogP contribution in [-0.4, -0.2) is 57.5 Å². The van der Waals surface area contributed by atoms with Crippen LogP contribution in [0.1, 0.15) is 59.9 Å². The van der Waals surface area contributed by atoms with E-state index < -0.39 is 23.0 Å². The van der Waals surface area contributed by atoms with Crippen LogP contribution in [-0.2, 0) is 10.4 Å². The van der Waals surface area contributed by atoms with Crippen LogP contribution in [0.4, 0.5) is 0 Å². The number of hydrazine groups is 1. The minimum Gasteiger partial charge on any atom is -0.478 e. The van der Waals surface area contributed by atoms with E-state index >= 15 is 0 Å². The van der Waals surface area contributed by atoms with Gasteiger partial charge >= 0.3 is 5.97 Å². The molecule has 1 heterocycles. The lowest BCUT2D eigenvalue weighted by Crippen LogP contribution is -2.62. The Balaban J connectivity index is 1.94. The summed E-state index contributed by atoms with van der Waals surface area (Å²) >= 11 is 6.02. The molecule has 0 radical (unpaired) electrons. The summed E-state index contributed by atoms with van der Waals surface area (Å²) in [4.78, 5) is 36.2. The number of aliphatic hydroxyl groups is 1. The number of benzene rings is 2. The summed E-state index contributed by atoms with van der Waals surface area (Å²) in [5, 5.41) is 24.9. The average Bonchev–Trinajstić information content (AvgIpc) is 2.77. The number of piperidine rings is 1. The molecule has 3 rings (SSSR count). The molecule has 1 fully saturated rings. The van der Waals surface area contributed by atoms with Gasteiger partial charge in [0.05, 0.1) is 17.2 Å². The summed E-state index contributed by atoms with van der Waals surface area (Å²) < 4.78 is 0. The lowest BCUT2D eigenvalue weighted by Gasteiger charge is -2.53. The van der Waals surface area contributed by atoms with E-state index in [1.807, 2.05) is 31.0 Å². The molecule has 2 aromatic carbocycles. The molecule has 2 aromatic rings. The van der Waals surface area contributed by atoms with Crippen molar-refractivity contribution in [3.05, 3.63) is 70.2 Å². The predicted octanol–water partition coefficient (Wildman–Crippen LogP) is 3.99. The first-order valence-electron chi connectivity index (χ1n) is 10.8. The summed E-state index contributed by atoms with van der Waals surface area (Å²) in [6.07, 6.45) is 1.24. The van der Waals surface area contributed by atoms with Gasteiger partial charge in [-0.25, -0.2) is 9.80 Å². The zero-order valence-corrected chi connectivity index (χ0v) is 19.7. The van der Waals surface area contributed by atoms with Crippen LogP contribution in [0.3, 0.4) is 0 Å². The normalized spacial score (nSPS) is 21.2. The van der Waals surface area contributed by atoms with E-state index in [1.165, 1.54) is 23.2 Å². The van der Waals surface area contributed by atoms with Crippen molar-refractivity contribution in [2.75, 3.05) is 13.1 Å². The van der Waals surface area contributed by atoms with Gasteiger partial charge in [-0.2, -0.15) is 0 Å². The van der Waals surface area contributed by atoms with Gasteiger partial charge in [-0.3, -0.25) is 9.80 Å². The fraction of sp³-hybridized carbons (Fsp3) is 0.400. The number of halogens is 1. The van der Waals surface area contributed by atoms with E-state index in [9.17, 15) is 24.6 Å². The molecule has 2 N–H and O–H groups in total. The van der Waals surface area contributed by atoms with Crippen molar-refractivity contribution in [1.29, 1.82) is 0 Å². The number of amides is 1. The zero-order chi connectivity index (χ0) is 24.4. The van der Waals surface area contributed by atoms with E-state index in [2.05, 4.69) is 0 Å². The third kappa shape index (κ3) is 4.95. The second-order valence-electron chi connectivity index (χ2n) is 9.18. The zero-order valence-electron chi connectivity index (χ0n) is 19.0. The fourth-order valence-electron chi connectivity index (χ4n) is 4.50. The number of aldehydes is 1. The van der Waals surface area contributed by atoms with E-state index in [-0.39, 0.29) is 23.5 Å². The Morgan fingerprint density at radius 3 is 2.39 bits per heavy atom. The van der Waals surface area contributed by atoms with Crippen molar-refractivity contribution in [1.82, 2.24) is 10.0 Å². The lowest BCUT2D eigenvalue weighted by atomic mass is 9.67. The van der Waals surface area contributed by atoms with Crippen molar-refractivity contribution in [2.24, 2.45) is 5.41 Å². The van der Waals surface area contributed by atoms with Crippen molar-refractivity contribution >= 4 is 29.8 Å². The summed E-state index contributed by atoms with van der Waals surface area (Å²) in [7, 11) is 0. The smallest absolute Gasteiger partial charge is 0.335 e. The number of carboxylic acid groups (broad SMARTS) is 1. The van der Waals surface area contributed by atoms with Crippen LogP contribution in [0.2, 0.25) is 5.02 Å². The number of carbonyl (C=O) groups excluding carboxylic acids is 2. The van der Waals surface area contributed by atoms with Crippen molar-refractivity contribution in [3.63, 3.8) is 0 Å². The Bertz CT molecular complexity index is 1040. The maximum Gasteiger partial charge on any atom is 0.335 e. The van der Waals surface area contributed by atoms with Crippen molar-refractivity contribution in [3.8, 4) is 0 Å². The van der Waals surface area contributed by atoms with Crippen molar-refractivity contribution < 1.29 is 24.6 Å². The molecule has 1 saturated heterocycles. The highest BCUT2D eigenvalue weighted by Gasteiger charge is 2.50. The Morgan fingerprint density at radius 2 is 1.82 bits per heavy atom. The lowest BCUT2D eigenvalue weighted by molar-refractivity contribution is -0.170. The highest BCUT2D eigenvalue weighted by atomic mass is 35.5. The van der Waals surface area contributed by atoms with Gasteiger partial charge in [0.1, 0.15) is 6.29 Å². The third-order valence-corrected chi connectivity index (χ3v) is 6.73. The number of hydrogen-bond donors (Lipinski definition) is 2. The van der Waals surface area contributed by atoms with Crippen LogP contribution in [0.15, 0.2) is 48.5 Å². The number of hydrogen-bond acceptors (Lipinski definition) is 5. The molecule has 33 heavy (non-hydrogen) atoms. The molecule has 1 unspecified atom stereocenters. The molecule has 0 bridgehead atoms.